The number of rotatable bonds is 6. The van der Waals surface area contributed by atoms with Crippen LogP contribution in [0.3, 0.4) is 0 Å². The van der Waals surface area contributed by atoms with Crippen molar-refractivity contribution >= 4 is 5.69 Å². The lowest BCUT2D eigenvalue weighted by atomic mass is 10.1. The summed E-state index contributed by atoms with van der Waals surface area (Å²) in [6, 6.07) is 4.49. The van der Waals surface area contributed by atoms with Crippen LogP contribution in [0.15, 0.2) is 30.9 Å². The summed E-state index contributed by atoms with van der Waals surface area (Å²) in [6.45, 7) is 4.39. The van der Waals surface area contributed by atoms with Gasteiger partial charge in [0.1, 0.15) is 5.82 Å². The molecule has 2 nitrogen and oxygen atoms in total. The Balaban J connectivity index is 2.73. The van der Waals surface area contributed by atoms with E-state index < -0.39 is 0 Å². The smallest absolute Gasteiger partial charge is 0.123 e. The van der Waals surface area contributed by atoms with Gasteiger partial charge in [-0.2, -0.15) is 0 Å². The molecule has 0 fully saturated rings. The van der Waals surface area contributed by atoms with E-state index in [4.69, 9.17) is 5.11 Å². The maximum atomic E-state index is 13.0. The number of anilines is 1. The van der Waals surface area contributed by atoms with E-state index >= 15 is 0 Å². The van der Waals surface area contributed by atoms with Crippen molar-refractivity contribution in [3.05, 3.63) is 42.2 Å². The molecule has 0 spiro atoms. The third-order valence-electron chi connectivity index (χ3n) is 2.52. The number of unbranched alkanes of at least 4 members (excludes halogenated alkanes) is 1. The van der Waals surface area contributed by atoms with Crippen molar-refractivity contribution in [2.45, 2.75) is 19.4 Å². The van der Waals surface area contributed by atoms with Gasteiger partial charge >= 0.3 is 0 Å². The Morgan fingerprint density at radius 3 is 2.88 bits per heavy atom. The summed E-state index contributed by atoms with van der Waals surface area (Å²) >= 11 is 0. The molecule has 0 saturated heterocycles. The molecule has 0 heterocycles. The fraction of sp³-hybridized carbons (Fsp3) is 0.385. The van der Waals surface area contributed by atoms with Gasteiger partial charge in [0, 0.05) is 24.8 Å². The summed E-state index contributed by atoms with van der Waals surface area (Å²) in [6.07, 6.45) is 3.84. The van der Waals surface area contributed by atoms with Crippen LogP contribution in [0.4, 0.5) is 10.1 Å². The number of hydrogen-bond donors (Lipinski definition) is 1. The van der Waals surface area contributed by atoms with Gasteiger partial charge < -0.3 is 10.0 Å². The fourth-order valence-corrected chi connectivity index (χ4v) is 1.65. The third-order valence-corrected chi connectivity index (χ3v) is 2.52. The van der Waals surface area contributed by atoms with E-state index in [9.17, 15) is 4.39 Å². The van der Waals surface area contributed by atoms with Crippen molar-refractivity contribution in [1.29, 1.82) is 0 Å². The molecule has 0 saturated carbocycles. The number of allylic oxidation sites excluding steroid dienone is 1. The number of hydrogen-bond acceptors (Lipinski definition) is 2. The fourth-order valence-electron chi connectivity index (χ4n) is 1.65. The predicted molar refractivity (Wildman–Crippen MR) is 65.0 cm³/mol. The Bertz CT molecular complexity index is 352. The highest BCUT2D eigenvalue weighted by atomic mass is 19.1. The summed E-state index contributed by atoms with van der Waals surface area (Å²) in [7, 11) is 1.94. The second-order valence-electron chi connectivity index (χ2n) is 3.78. The highest BCUT2D eigenvalue weighted by Crippen LogP contribution is 2.21. The van der Waals surface area contributed by atoms with Gasteiger partial charge in [-0.3, -0.25) is 0 Å². The van der Waals surface area contributed by atoms with E-state index in [2.05, 4.69) is 6.58 Å². The van der Waals surface area contributed by atoms with Crippen LogP contribution < -0.4 is 4.90 Å². The van der Waals surface area contributed by atoms with Gasteiger partial charge in [-0.25, -0.2) is 4.39 Å². The number of aliphatic hydroxyl groups excluding tert-OH is 1. The van der Waals surface area contributed by atoms with Gasteiger partial charge in [-0.1, -0.05) is 6.08 Å². The van der Waals surface area contributed by atoms with Crippen molar-refractivity contribution in [2.75, 3.05) is 18.5 Å². The van der Waals surface area contributed by atoms with Crippen molar-refractivity contribution < 1.29 is 9.50 Å². The standard InChI is InChI=1S/C13H18FNO/c1-3-4-5-8-15(2)13-7-6-12(14)9-11(13)10-16/h3,6-7,9,16H,1,4-5,8,10H2,2H3. The molecule has 0 atom stereocenters. The zero-order chi connectivity index (χ0) is 12.0. The molecule has 0 amide bonds. The predicted octanol–water partition coefficient (Wildman–Crippen LogP) is 2.72. The number of nitrogens with zero attached hydrogens (tertiary/aromatic N) is 1. The second-order valence-corrected chi connectivity index (χ2v) is 3.78. The Labute approximate surface area is 96.0 Å². The van der Waals surface area contributed by atoms with Gasteiger partial charge in [0.05, 0.1) is 6.61 Å². The average Bonchev–Trinajstić information content (AvgIpc) is 2.29. The Kier molecular flexibility index (Phi) is 4.99. The topological polar surface area (TPSA) is 23.5 Å². The van der Waals surface area contributed by atoms with Gasteiger partial charge in [0.2, 0.25) is 0 Å². The van der Waals surface area contributed by atoms with Gasteiger partial charge in [-0.05, 0) is 31.0 Å². The van der Waals surface area contributed by atoms with E-state index in [1.165, 1.54) is 12.1 Å². The molecule has 0 radical (unpaired) electrons. The van der Waals surface area contributed by atoms with E-state index in [-0.39, 0.29) is 12.4 Å². The minimum Gasteiger partial charge on any atom is -0.392 e. The van der Waals surface area contributed by atoms with E-state index in [0.29, 0.717) is 5.56 Å². The average molecular weight is 223 g/mol. The van der Waals surface area contributed by atoms with Crippen LogP contribution in [0.1, 0.15) is 18.4 Å². The maximum Gasteiger partial charge on any atom is 0.123 e. The van der Waals surface area contributed by atoms with Crippen molar-refractivity contribution in [3.63, 3.8) is 0 Å². The van der Waals surface area contributed by atoms with E-state index in [1.807, 2.05) is 18.0 Å². The van der Waals surface area contributed by atoms with Gasteiger partial charge in [-0.15, -0.1) is 6.58 Å². The van der Waals surface area contributed by atoms with Crippen molar-refractivity contribution in [3.8, 4) is 0 Å². The molecule has 0 unspecified atom stereocenters. The highest BCUT2D eigenvalue weighted by Gasteiger charge is 2.07. The molecule has 88 valence electrons. The first-order chi connectivity index (χ1) is 7.69. The highest BCUT2D eigenvalue weighted by molar-refractivity contribution is 5.52. The van der Waals surface area contributed by atoms with Crippen molar-refractivity contribution in [1.82, 2.24) is 0 Å². The van der Waals surface area contributed by atoms with Crippen LogP contribution in [0, 0.1) is 5.82 Å². The minimum atomic E-state index is -0.313. The molecule has 16 heavy (non-hydrogen) atoms. The zero-order valence-corrected chi connectivity index (χ0v) is 9.62. The van der Waals surface area contributed by atoms with Crippen molar-refractivity contribution in [2.24, 2.45) is 0 Å². The monoisotopic (exact) mass is 223 g/mol. The molecular weight excluding hydrogens is 205 g/mol. The molecule has 0 aliphatic rings. The first-order valence-corrected chi connectivity index (χ1v) is 5.40. The molecule has 3 heteroatoms. The van der Waals surface area contributed by atoms with Gasteiger partial charge in [0.25, 0.3) is 0 Å². The minimum absolute atomic E-state index is 0.140. The Morgan fingerprint density at radius 2 is 2.25 bits per heavy atom. The molecular formula is C13H18FNO. The number of benzene rings is 1. The summed E-state index contributed by atoms with van der Waals surface area (Å²) < 4.78 is 13.0. The van der Waals surface area contributed by atoms with Crippen LogP contribution in [-0.2, 0) is 6.61 Å². The molecule has 1 rings (SSSR count). The largest absolute Gasteiger partial charge is 0.392 e. The van der Waals surface area contributed by atoms with E-state index in [0.717, 1.165) is 25.1 Å². The molecule has 1 aromatic carbocycles. The lowest BCUT2D eigenvalue weighted by Crippen LogP contribution is -2.20. The Morgan fingerprint density at radius 1 is 1.50 bits per heavy atom. The van der Waals surface area contributed by atoms with Crippen LogP contribution in [-0.4, -0.2) is 18.7 Å². The lowest BCUT2D eigenvalue weighted by Gasteiger charge is -2.21. The summed E-state index contributed by atoms with van der Waals surface area (Å²) in [5.74, 6) is -0.313. The molecule has 0 aliphatic heterocycles. The molecule has 0 bridgehead atoms. The maximum absolute atomic E-state index is 13.0. The van der Waals surface area contributed by atoms with Crippen LogP contribution >= 0.6 is 0 Å². The summed E-state index contributed by atoms with van der Waals surface area (Å²) in [5, 5.41) is 9.15. The quantitative estimate of drug-likeness (QED) is 0.592. The molecule has 0 aliphatic carbocycles. The number of aliphatic hydroxyl groups is 1. The lowest BCUT2D eigenvalue weighted by molar-refractivity contribution is 0.281. The summed E-state index contributed by atoms with van der Waals surface area (Å²) in [5.41, 5.74) is 1.51. The van der Waals surface area contributed by atoms with Crippen LogP contribution in [0.2, 0.25) is 0 Å². The molecule has 1 aromatic rings. The first-order valence-electron chi connectivity index (χ1n) is 5.40. The third kappa shape index (κ3) is 3.35. The van der Waals surface area contributed by atoms with Gasteiger partial charge in [0.15, 0.2) is 0 Å². The number of halogens is 1. The zero-order valence-electron chi connectivity index (χ0n) is 9.62. The van der Waals surface area contributed by atoms with E-state index in [1.54, 1.807) is 6.07 Å². The van der Waals surface area contributed by atoms with Crippen LogP contribution in [0.25, 0.3) is 0 Å². The normalized spacial score (nSPS) is 10.2. The molecule has 0 aromatic heterocycles. The summed E-state index contributed by atoms with van der Waals surface area (Å²) in [4.78, 5) is 2.02. The van der Waals surface area contributed by atoms with Crippen LogP contribution in [0.5, 0.6) is 0 Å². The molecule has 1 N–H and O–H groups in total. The Hall–Kier alpha value is -1.35. The SMILES string of the molecule is C=CCCCN(C)c1ccc(F)cc1CO. The first kappa shape index (κ1) is 12.7. The second kappa shape index (κ2) is 6.28.